The van der Waals surface area contributed by atoms with Crippen LogP contribution in [0.2, 0.25) is 0 Å². The zero-order valence-electron chi connectivity index (χ0n) is 8.57. The molecule has 0 atom stereocenters. The lowest BCUT2D eigenvalue weighted by Crippen LogP contribution is -2.07. The molecule has 0 aliphatic carbocycles. The minimum atomic E-state index is -2.66. The van der Waals surface area contributed by atoms with Gasteiger partial charge in [-0.1, -0.05) is 0 Å². The summed E-state index contributed by atoms with van der Waals surface area (Å²) in [6.07, 6.45) is -0.706. The summed E-state index contributed by atoms with van der Waals surface area (Å²) in [5.41, 5.74) is 0.219. The van der Waals surface area contributed by atoms with Crippen molar-refractivity contribution in [2.24, 2.45) is 0 Å². The van der Waals surface area contributed by atoms with E-state index in [-0.39, 0.29) is 11.3 Å². The van der Waals surface area contributed by atoms with Crippen molar-refractivity contribution in [2.75, 3.05) is 6.61 Å². The van der Waals surface area contributed by atoms with Crippen LogP contribution in [0.3, 0.4) is 0 Å². The Labute approximate surface area is 95.1 Å². The van der Waals surface area contributed by atoms with E-state index >= 15 is 0 Å². The fraction of sp³-hybridized carbons (Fsp3) is 0.182. The Hall–Kier alpha value is -1.98. The smallest absolute Gasteiger partial charge is 0.328 e. The molecule has 0 heterocycles. The highest BCUT2D eigenvalue weighted by molar-refractivity contribution is 5.85. The van der Waals surface area contributed by atoms with E-state index in [9.17, 15) is 18.0 Å². The molecule has 0 aromatic heterocycles. The van der Waals surface area contributed by atoms with Crippen LogP contribution in [0.4, 0.5) is 13.2 Å². The minimum Gasteiger partial charge on any atom is -0.488 e. The maximum absolute atomic E-state index is 13.0. The van der Waals surface area contributed by atoms with E-state index in [4.69, 9.17) is 5.11 Å². The normalized spacial score (nSPS) is 11.1. The highest BCUT2D eigenvalue weighted by Gasteiger charge is 2.05. The molecule has 0 saturated heterocycles. The van der Waals surface area contributed by atoms with Gasteiger partial charge >= 0.3 is 5.97 Å². The van der Waals surface area contributed by atoms with Crippen molar-refractivity contribution < 1.29 is 27.8 Å². The molecule has 0 saturated carbocycles. The molecule has 0 unspecified atom stereocenters. The standard InChI is InChI=1S/C11H9F3O3/c12-8-3-7(1-2-11(15)16)4-9(5-8)17-6-10(13)14/h1-5,10H,6H2,(H,15,16)/b2-1+. The average molecular weight is 246 g/mol. The lowest BCUT2D eigenvalue weighted by Gasteiger charge is -2.06. The zero-order valence-corrected chi connectivity index (χ0v) is 8.57. The van der Waals surface area contributed by atoms with Crippen LogP contribution in [0.1, 0.15) is 5.56 Å². The van der Waals surface area contributed by atoms with Crippen LogP contribution in [0.25, 0.3) is 6.08 Å². The highest BCUT2D eigenvalue weighted by atomic mass is 19.3. The van der Waals surface area contributed by atoms with Crippen LogP contribution in [-0.4, -0.2) is 24.1 Å². The molecular weight excluding hydrogens is 237 g/mol. The van der Waals surface area contributed by atoms with E-state index in [0.29, 0.717) is 0 Å². The highest BCUT2D eigenvalue weighted by Crippen LogP contribution is 2.18. The number of hydrogen-bond donors (Lipinski definition) is 1. The van der Waals surface area contributed by atoms with Gasteiger partial charge in [-0.3, -0.25) is 0 Å². The molecule has 0 aliphatic rings. The number of ether oxygens (including phenoxy) is 1. The predicted octanol–water partition coefficient (Wildman–Crippen LogP) is 2.57. The van der Waals surface area contributed by atoms with Gasteiger partial charge in [0.25, 0.3) is 6.43 Å². The van der Waals surface area contributed by atoms with E-state index < -0.39 is 24.8 Å². The maximum Gasteiger partial charge on any atom is 0.328 e. The summed E-state index contributed by atoms with van der Waals surface area (Å²) in [5, 5.41) is 8.38. The van der Waals surface area contributed by atoms with Crippen LogP contribution in [0.15, 0.2) is 24.3 Å². The van der Waals surface area contributed by atoms with Gasteiger partial charge in [0.2, 0.25) is 0 Å². The largest absolute Gasteiger partial charge is 0.488 e. The quantitative estimate of drug-likeness (QED) is 0.812. The van der Waals surface area contributed by atoms with E-state index in [1.54, 1.807) is 0 Å². The van der Waals surface area contributed by atoms with Crippen molar-refractivity contribution in [2.45, 2.75) is 6.43 Å². The van der Waals surface area contributed by atoms with E-state index in [2.05, 4.69) is 4.74 Å². The molecule has 1 aromatic rings. The Bertz CT molecular complexity index is 430. The fourth-order valence-electron chi connectivity index (χ4n) is 1.09. The number of halogens is 3. The van der Waals surface area contributed by atoms with Crippen molar-refractivity contribution in [3.8, 4) is 5.75 Å². The summed E-state index contributed by atoms with van der Waals surface area (Å²) in [6, 6.07) is 3.28. The zero-order chi connectivity index (χ0) is 12.8. The van der Waals surface area contributed by atoms with E-state index in [1.807, 2.05) is 0 Å². The molecule has 1 aromatic carbocycles. The topological polar surface area (TPSA) is 46.5 Å². The third kappa shape index (κ3) is 5.05. The summed E-state index contributed by atoms with van der Waals surface area (Å²) in [5.74, 6) is -1.96. The molecule has 0 bridgehead atoms. The SMILES string of the molecule is O=C(O)/C=C/c1cc(F)cc(OCC(F)F)c1. The van der Waals surface area contributed by atoms with Crippen LogP contribution in [0, 0.1) is 5.82 Å². The summed E-state index contributed by atoms with van der Waals surface area (Å²) < 4.78 is 41.4. The fourth-order valence-corrected chi connectivity index (χ4v) is 1.09. The molecule has 0 aliphatic heterocycles. The van der Waals surface area contributed by atoms with Gasteiger partial charge in [-0.2, -0.15) is 0 Å². The Morgan fingerprint density at radius 3 is 2.71 bits per heavy atom. The number of hydrogen-bond acceptors (Lipinski definition) is 2. The van der Waals surface area contributed by atoms with Crippen LogP contribution >= 0.6 is 0 Å². The number of carbonyl (C=O) groups is 1. The molecule has 92 valence electrons. The molecule has 1 rings (SSSR count). The first-order valence-electron chi connectivity index (χ1n) is 4.60. The van der Waals surface area contributed by atoms with Gasteiger partial charge in [0.15, 0.2) is 0 Å². The minimum absolute atomic E-state index is 0.0738. The second-order valence-electron chi connectivity index (χ2n) is 3.09. The summed E-state index contributed by atoms with van der Waals surface area (Å²) in [7, 11) is 0. The second kappa shape index (κ2) is 5.93. The number of aliphatic carboxylic acids is 1. The van der Waals surface area contributed by atoms with Crippen molar-refractivity contribution in [1.82, 2.24) is 0 Å². The van der Waals surface area contributed by atoms with Gasteiger partial charge in [-0.15, -0.1) is 0 Å². The van der Waals surface area contributed by atoms with Gasteiger partial charge < -0.3 is 9.84 Å². The lowest BCUT2D eigenvalue weighted by atomic mass is 10.2. The summed E-state index contributed by atoms with van der Waals surface area (Å²) >= 11 is 0. The number of carboxylic acids is 1. The Kier molecular flexibility index (Phi) is 4.56. The number of benzene rings is 1. The van der Waals surface area contributed by atoms with Gasteiger partial charge in [-0.05, 0) is 23.8 Å². The van der Waals surface area contributed by atoms with Crippen molar-refractivity contribution in [3.05, 3.63) is 35.7 Å². The number of carboxylic acid groups (broad SMARTS) is 1. The average Bonchev–Trinajstić information content (AvgIpc) is 2.23. The van der Waals surface area contributed by atoms with Crippen molar-refractivity contribution in [3.63, 3.8) is 0 Å². The molecule has 0 radical (unpaired) electrons. The van der Waals surface area contributed by atoms with Gasteiger partial charge in [0.1, 0.15) is 18.2 Å². The first kappa shape index (κ1) is 13.1. The summed E-state index contributed by atoms with van der Waals surface area (Å²) in [6.45, 7) is -0.842. The Morgan fingerprint density at radius 2 is 2.12 bits per heavy atom. The van der Waals surface area contributed by atoms with Gasteiger partial charge in [0, 0.05) is 12.1 Å². The van der Waals surface area contributed by atoms with Crippen LogP contribution in [0.5, 0.6) is 5.75 Å². The van der Waals surface area contributed by atoms with Gasteiger partial charge in [-0.25, -0.2) is 18.0 Å². The maximum atomic E-state index is 13.0. The number of rotatable bonds is 5. The predicted molar refractivity (Wildman–Crippen MR) is 54.6 cm³/mol. The third-order valence-electron chi connectivity index (χ3n) is 1.69. The Morgan fingerprint density at radius 1 is 1.41 bits per heavy atom. The Balaban J connectivity index is 2.82. The molecule has 0 amide bonds. The molecule has 1 N–H and O–H groups in total. The molecule has 3 nitrogen and oxygen atoms in total. The van der Waals surface area contributed by atoms with E-state index in [1.165, 1.54) is 6.07 Å². The molecule has 6 heteroatoms. The first-order chi connectivity index (χ1) is 7.97. The molecule has 0 fully saturated rings. The van der Waals surface area contributed by atoms with E-state index in [0.717, 1.165) is 24.3 Å². The third-order valence-corrected chi connectivity index (χ3v) is 1.69. The van der Waals surface area contributed by atoms with Crippen LogP contribution in [-0.2, 0) is 4.79 Å². The van der Waals surface area contributed by atoms with Gasteiger partial charge in [0.05, 0.1) is 0 Å². The first-order valence-corrected chi connectivity index (χ1v) is 4.60. The monoisotopic (exact) mass is 246 g/mol. The van der Waals surface area contributed by atoms with Crippen LogP contribution < -0.4 is 4.74 Å². The number of alkyl halides is 2. The van der Waals surface area contributed by atoms with Crippen molar-refractivity contribution >= 4 is 12.0 Å². The lowest BCUT2D eigenvalue weighted by molar-refractivity contribution is -0.131. The molecular formula is C11H9F3O3. The molecule has 0 spiro atoms. The van der Waals surface area contributed by atoms with Crippen molar-refractivity contribution in [1.29, 1.82) is 0 Å². The summed E-state index contributed by atoms with van der Waals surface area (Å²) in [4.78, 5) is 10.2. The second-order valence-corrected chi connectivity index (χ2v) is 3.09. The molecule has 17 heavy (non-hydrogen) atoms.